The molecule has 3 aliphatic heterocycles. The van der Waals surface area contributed by atoms with Gasteiger partial charge in [-0.25, -0.2) is 23.8 Å². The Kier molecular flexibility index (Phi) is 14.4. The van der Waals surface area contributed by atoms with Crippen molar-refractivity contribution in [1.29, 1.82) is 0 Å². The van der Waals surface area contributed by atoms with Gasteiger partial charge in [-0.1, -0.05) is 67.6 Å². The zero-order chi connectivity index (χ0) is 56.4. The number of hydrogen-bond acceptors (Lipinski definition) is 16. The molecule has 4 fully saturated rings. The highest BCUT2D eigenvalue weighted by Gasteiger charge is 2.47. The average molecular weight is 1120 g/mol. The van der Waals surface area contributed by atoms with Gasteiger partial charge in [-0.2, -0.15) is 10.1 Å². The summed E-state index contributed by atoms with van der Waals surface area (Å²) in [6.45, 7) is 7.83. The number of amides is 3. The van der Waals surface area contributed by atoms with Crippen molar-refractivity contribution in [1.82, 2.24) is 55.3 Å². The number of nitrogens with zero attached hydrogens (tertiary/aromatic N) is 10. The van der Waals surface area contributed by atoms with Crippen LogP contribution in [-0.2, 0) is 16.2 Å². The molecule has 4 aromatic carbocycles. The minimum absolute atomic E-state index is 0.0250. The van der Waals surface area contributed by atoms with Crippen molar-refractivity contribution in [2.75, 3.05) is 49.6 Å². The Morgan fingerprint density at radius 1 is 0.926 bits per heavy atom. The lowest BCUT2D eigenvalue weighted by molar-refractivity contribution is -0.142. The number of carbonyl (C=O) groups excluding carboxylic acids is 2. The minimum atomic E-state index is -0.999. The van der Waals surface area contributed by atoms with Crippen LogP contribution in [0.15, 0.2) is 78.6 Å². The van der Waals surface area contributed by atoms with Gasteiger partial charge >= 0.3 is 6.09 Å². The number of likely N-dealkylation sites (tertiary alicyclic amines) is 2. The number of halogens is 1. The number of aromatic nitrogens is 8. The van der Waals surface area contributed by atoms with E-state index in [1.807, 2.05) is 69.3 Å². The van der Waals surface area contributed by atoms with E-state index >= 15 is 4.39 Å². The van der Waals surface area contributed by atoms with Gasteiger partial charge in [0.15, 0.2) is 5.75 Å². The Morgan fingerprint density at radius 3 is 2.38 bits per heavy atom. The summed E-state index contributed by atoms with van der Waals surface area (Å²) in [5, 5.41) is 64.9. The summed E-state index contributed by atoms with van der Waals surface area (Å²) >= 11 is 1.53. The van der Waals surface area contributed by atoms with Gasteiger partial charge in [0.2, 0.25) is 17.8 Å². The molecule has 12 rings (SSSR count). The molecule has 21 nitrogen and oxygen atoms in total. The highest BCUT2D eigenvalue weighted by atomic mass is 32.1. The number of H-pyrrole nitrogens is 1. The lowest BCUT2D eigenvalue weighted by Crippen LogP contribution is -2.50. The van der Waals surface area contributed by atoms with Crippen molar-refractivity contribution in [2.24, 2.45) is 5.92 Å². The Bertz CT molecular complexity index is 3700. The third-order valence-electron chi connectivity index (χ3n) is 16.3. The number of hydrogen-bond donors (Lipinski definition) is 7. The van der Waals surface area contributed by atoms with Crippen LogP contribution in [0.1, 0.15) is 85.5 Å². The summed E-state index contributed by atoms with van der Waals surface area (Å²) in [6.07, 6.45) is 3.99. The van der Waals surface area contributed by atoms with Crippen LogP contribution in [-0.4, -0.2) is 152 Å². The van der Waals surface area contributed by atoms with Crippen LogP contribution in [0.25, 0.3) is 54.6 Å². The van der Waals surface area contributed by atoms with Crippen LogP contribution in [0.3, 0.4) is 0 Å². The fraction of sp³-hybridized carbons (Fsp3) is 0.397. The summed E-state index contributed by atoms with van der Waals surface area (Å²) in [7, 11) is 0. The van der Waals surface area contributed by atoms with Crippen LogP contribution in [0.5, 0.6) is 5.75 Å². The molecule has 23 heteroatoms. The highest BCUT2D eigenvalue weighted by Crippen LogP contribution is 2.54. The van der Waals surface area contributed by atoms with E-state index in [4.69, 9.17) is 14.7 Å². The second-order valence-corrected chi connectivity index (χ2v) is 22.8. The van der Waals surface area contributed by atoms with Crippen molar-refractivity contribution in [3.8, 4) is 38.6 Å². The van der Waals surface area contributed by atoms with Gasteiger partial charge < -0.3 is 50.5 Å². The van der Waals surface area contributed by atoms with Gasteiger partial charge in [0.1, 0.15) is 41.5 Å². The fourth-order valence-corrected chi connectivity index (χ4v) is 12.9. The van der Waals surface area contributed by atoms with E-state index in [0.29, 0.717) is 86.4 Å². The molecule has 7 heterocycles. The van der Waals surface area contributed by atoms with E-state index in [2.05, 4.69) is 47.1 Å². The molecule has 6 atom stereocenters. The Labute approximate surface area is 468 Å². The topological polar surface area (TPSA) is 273 Å². The van der Waals surface area contributed by atoms with Crippen LogP contribution in [0.4, 0.5) is 21.0 Å². The molecule has 0 radical (unpaired) electrons. The largest absolute Gasteiger partial charge is 0.486 e. The lowest BCUT2D eigenvalue weighted by Gasteiger charge is -2.34. The summed E-state index contributed by atoms with van der Waals surface area (Å²) in [6, 6.07) is 15.7. The molecular weight excluding hydrogens is 1060 g/mol. The monoisotopic (exact) mass is 1120 g/mol. The van der Waals surface area contributed by atoms with E-state index in [0.717, 1.165) is 40.1 Å². The number of aryl methyl sites for hydroxylation is 1. The van der Waals surface area contributed by atoms with Crippen molar-refractivity contribution in [3.63, 3.8) is 0 Å². The predicted molar refractivity (Wildman–Crippen MR) is 301 cm³/mol. The average Bonchev–Trinajstić information content (AvgIpc) is 4.36. The molecule has 7 N–H and O–H groups in total. The Balaban J connectivity index is 0.824. The number of anilines is 2. The van der Waals surface area contributed by atoms with Gasteiger partial charge in [-0.15, -0.1) is 16.4 Å². The second kappa shape index (κ2) is 21.7. The number of aliphatic hydroxyl groups is 3. The number of β-amino-alcohol motifs (C(OH)–C–C–N with tert-alkyl or cyclic N) is 1. The number of carbonyl (C=O) groups is 3. The van der Waals surface area contributed by atoms with Crippen LogP contribution < -0.4 is 20.3 Å². The summed E-state index contributed by atoms with van der Waals surface area (Å²) in [5.41, 5.74) is 10.0. The van der Waals surface area contributed by atoms with Gasteiger partial charge in [-0.3, -0.25) is 14.7 Å². The second-order valence-electron chi connectivity index (χ2n) is 22.0. The maximum absolute atomic E-state index is 16.1. The third-order valence-corrected chi connectivity index (χ3v) is 17.3. The first-order valence-electron chi connectivity index (χ1n) is 27.3. The number of benzene rings is 4. The van der Waals surface area contributed by atoms with Gasteiger partial charge in [0.05, 0.1) is 71.4 Å². The molecule has 4 aromatic heterocycles. The SMILES string of the molecule is Cc1ncsc1-c1ccc([C@H](CO)NC(=O)[C@@H]2C[C@@H](O)CN2C(=O)[C@H](C(C)C)n2cc(-c3ccc(COc4c(-c5c(C)c(F)cc6[nH]ncc56)c(C5CC5)cc5c(N6C[C@@H]7C[C@H]6CN7C(=O)O)nc(NCCO)nc45)cc3)nn2)cc1. The number of piperazine rings is 1. The number of nitrogens with one attached hydrogen (secondary N) is 3. The molecule has 1 saturated carbocycles. The van der Waals surface area contributed by atoms with Crippen molar-refractivity contribution in [2.45, 2.75) is 102 Å². The smallest absolute Gasteiger partial charge is 0.407 e. The zero-order valence-electron chi connectivity index (χ0n) is 45.1. The van der Waals surface area contributed by atoms with E-state index < -0.39 is 48.0 Å². The molecule has 2 bridgehead atoms. The molecule has 3 saturated heterocycles. The first-order valence-corrected chi connectivity index (χ1v) is 28.2. The molecule has 4 aliphatic rings. The zero-order valence-corrected chi connectivity index (χ0v) is 45.9. The maximum Gasteiger partial charge on any atom is 0.407 e. The third kappa shape index (κ3) is 10.1. The van der Waals surface area contributed by atoms with Crippen molar-refractivity contribution in [3.05, 3.63) is 112 Å². The molecule has 1 aliphatic carbocycles. The van der Waals surface area contributed by atoms with Crippen molar-refractivity contribution < 1.29 is 43.9 Å². The number of aromatic amines is 1. The first kappa shape index (κ1) is 53.5. The lowest BCUT2D eigenvalue weighted by atomic mass is 9.88. The number of fused-ring (bicyclic) bond motifs is 4. The minimum Gasteiger partial charge on any atom is -0.486 e. The molecule has 81 heavy (non-hydrogen) atoms. The van der Waals surface area contributed by atoms with E-state index in [1.165, 1.54) is 31.9 Å². The Morgan fingerprint density at radius 2 is 1.70 bits per heavy atom. The van der Waals surface area contributed by atoms with E-state index in [9.17, 15) is 34.8 Å². The highest BCUT2D eigenvalue weighted by molar-refractivity contribution is 7.13. The van der Waals surface area contributed by atoms with Gasteiger partial charge in [0, 0.05) is 60.1 Å². The molecule has 8 aromatic rings. The van der Waals surface area contributed by atoms with Crippen molar-refractivity contribution >= 4 is 62.8 Å². The number of carboxylic acid groups (broad SMARTS) is 1. The number of rotatable bonds is 18. The summed E-state index contributed by atoms with van der Waals surface area (Å²) < 4.78 is 24.6. The van der Waals surface area contributed by atoms with E-state index in [-0.39, 0.29) is 69.2 Å². The number of aliphatic hydroxyl groups excluding tert-OH is 3. The van der Waals surface area contributed by atoms with Crippen LogP contribution >= 0.6 is 11.3 Å². The predicted octanol–water partition coefficient (Wildman–Crippen LogP) is 7.12. The molecule has 0 spiro atoms. The summed E-state index contributed by atoms with van der Waals surface area (Å²) in [5.74, 6) is -0.181. The molecule has 3 amide bonds. The van der Waals surface area contributed by atoms with E-state index in [1.54, 1.807) is 24.8 Å². The van der Waals surface area contributed by atoms with Gasteiger partial charge in [-0.05, 0) is 84.9 Å². The molecular formula is C58H62FN13O8S. The van der Waals surface area contributed by atoms with Crippen LogP contribution in [0, 0.1) is 25.6 Å². The first-order chi connectivity index (χ1) is 39.2. The van der Waals surface area contributed by atoms with Gasteiger partial charge in [0.25, 0.3) is 0 Å². The Hall–Kier alpha value is -8.12. The molecule has 420 valence electrons. The fourth-order valence-electron chi connectivity index (χ4n) is 12.1. The standard InChI is InChI=1S/C58H62FN13O8S/c1-29(2)51(56(77)71-24-39(75)18-47(71)55(76)63-46(26-74)35-11-13-36(14-12-35)53-31(4)61-28-81-53)72-25-45(67-68-72)34-7-5-32(6-8-34)27-80-52-49(48-30(3)43(59)20-44-42(48)21-62-66-44)40(33-9-10-33)19-41-50(52)64-57(60-15-16-73)65-54(41)69-22-38-17-37(69)23-70(38)58(78)79/h5-8,11-14,19-21,25,28-29,33,37-39,46-47,51,73-75H,9-10,15-18,22-24,26-27H2,1-4H3,(H,62,66)(H,63,76)(H,78,79)(H,60,64,65)/t37-,38-,39+,46-,47-,51-/m0/s1. The van der Waals surface area contributed by atoms with Crippen LogP contribution in [0.2, 0.25) is 0 Å². The maximum atomic E-state index is 16.1. The quantitative estimate of drug-likeness (QED) is 0.0451. The molecule has 0 unspecified atom stereocenters. The number of thiazole rings is 1. The summed E-state index contributed by atoms with van der Waals surface area (Å²) in [4.78, 5) is 61.3. The number of ether oxygens (including phenoxy) is 1. The normalized spacial score (nSPS) is 19.5.